The summed E-state index contributed by atoms with van der Waals surface area (Å²) in [6, 6.07) is 2.11. The molecular weight excluding hydrogens is 306 g/mol. The van der Waals surface area contributed by atoms with Crippen LogP contribution in [0.3, 0.4) is 0 Å². The molecule has 130 valence electrons. The predicted molar refractivity (Wildman–Crippen MR) is 87.4 cm³/mol. The Balaban J connectivity index is 1.48. The molecule has 6 nitrogen and oxygen atoms in total. The molecule has 0 radical (unpaired) electrons. The molecule has 0 unspecified atom stereocenters. The average molecular weight is 331 g/mol. The average Bonchev–Trinajstić information content (AvgIpc) is 3.04. The van der Waals surface area contributed by atoms with Gasteiger partial charge in [0.05, 0.1) is 0 Å². The van der Waals surface area contributed by atoms with Crippen molar-refractivity contribution in [2.24, 2.45) is 11.8 Å². The van der Waals surface area contributed by atoms with Gasteiger partial charge < -0.3 is 14.3 Å². The second kappa shape index (κ2) is 6.22. The van der Waals surface area contributed by atoms with Crippen molar-refractivity contribution in [1.29, 1.82) is 0 Å². The Hall–Kier alpha value is -1.85. The van der Waals surface area contributed by atoms with E-state index in [0.29, 0.717) is 35.9 Å². The fourth-order valence-electron chi connectivity index (χ4n) is 4.72. The number of carbonyl (C=O) groups is 2. The highest BCUT2D eigenvalue weighted by Gasteiger charge is 2.45. The molecule has 3 aliphatic rings. The lowest BCUT2D eigenvalue weighted by Crippen LogP contribution is -2.61. The molecule has 2 amide bonds. The number of fused-ring (bicyclic) bond motifs is 4. The van der Waals surface area contributed by atoms with Crippen molar-refractivity contribution in [1.82, 2.24) is 15.0 Å². The van der Waals surface area contributed by atoms with Crippen LogP contribution in [-0.4, -0.2) is 52.4 Å². The normalized spacial score (nSPS) is 29.5. The maximum Gasteiger partial charge on any atom is 0.276 e. The van der Waals surface area contributed by atoms with Gasteiger partial charge in [-0.3, -0.25) is 9.59 Å². The first-order valence-electron chi connectivity index (χ1n) is 9.20. The molecule has 0 saturated carbocycles. The van der Waals surface area contributed by atoms with Crippen LogP contribution < -0.4 is 0 Å². The molecule has 0 N–H and O–H groups in total. The fourth-order valence-corrected chi connectivity index (χ4v) is 4.72. The predicted octanol–water partition coefficient (Wildman–Crippen LogP) is 2.10. The third kappa shape index (κ3) is 2.72. The summed E-state index contributed by atoms with van der Waals surface area (Å²) in [5.41, 5.74) is 0.426. The highest BCUT2D eigenvalue weighted by atomic mass is 16.5. The van der Waals surface area contributed by atoms with Gasteiger partial charge in [0.1, 0.15) is 5.76 Å². The number of rotatable bonds is 3. The first-order valence-corrected chi connectivity index (χ1v) is 9.20. The molecule has 3 saturated heterocycles. The third-order valence-electron chi connectivity index (χ3n) is 5.74. The number of nitrogens with zero attached hydrogens (tertiary/aromatic N) is 3. The minimum Gasteiger partial charge on any atom is -0.361 e. The van der Waals surface area contributed by atoms with Gasteiger partial charge in [-0.25, -0.2) is 0 Å². The minimum absolute atomic E-state index is 0.0219. The first-order chi connectivity index (χ1) is 11.7. The second-order valence-electron chi connectivity index (χ2n) is 7.51. The van der Waals surface area contributed by atoms with Gasteiger partial charge in [0.25, 0.3) is 5.91 Å². The summed E-state index contributed by atoms with van der Waals surface area (Å²) in [6.07, 6.45) is 5.68. The van der Waals surface area contributed by atoms with Crippen LogP contribution in [0.25, 0.3) is 0 Å². The maximum atomic E-state index is 12.8. The highest BCUT2D eigenvalue weighted by Crippen LogP contribution is 2.38. The Morgan fingerprint density at radius 2 is 2.25 bits per heavy atom. The fraction of sp³-hybridized carbons (Fsp3) is 0.722. The quantitative estimate of drug-likeness (QED) is 0.851. The SMILES string of the molecule is CCCc1cc(C(=O)N2C[C@H]3C[C@H](C2)[C@@H]2CCCC(=O)N2C3)no1. The van der Waals surface area contributed by atoms with Crippen LogP contribution in [0.5, 0.6) is 0 Å². The van der Waals surface area contributed by atoms with Gasteiger partial charge in [-0.15, -0.1) is 0 Å². The monoisotopic (exact) mass is 331 g/mol. The second-order valence-corrected chi connectivity index (χ2v) is 7.51. The van der Waals surface area contributed by atoms with Gasteiger partial charge in [-0.2, -0.15) is 0 Å². The van der Waals surface area contributed by atoms with Gasteiger partial charge in [0, 0.05) is 44.6 Å². The van der Waals surface area contributed by atoms with Crippen molar-refractivity contribution in [3.8, 4) is 0 Å². The highest BCUT2D eigenvalue weighted by molar-refractivity contribution is 5.92. The summed E-state index contributed by atoms with van der Waals surface area (Å²) in [5, 5.41) is 3.97. The summed E-state index contributed by atoms with van der Waals surface area (Å²) < 4.78 is 5.26. The molecule has 0 aromatic carbocycles. The summed E-state index contributed by atoms with van der Waals surface area (Å²) in [7, 11) is 0. The molecule has 3 fully saturated rings. The van der Waals surface area contributed by atoms with Gasteiger partial charge in [0.15, 0.2) is 5.69 Å². The van der Waals surface area contributed by atoms with Crippen LogP contribution in [0.1, 0.15) is 55.3 Å². The van der Waals surface area contributed by atoms with E-state index >= 15 is 0 Å². The molecular formula is C18H25N3O3. The van der Waals surface area contributed by atoms with Gasteiger partial charge in [-0.05, 0) is 37.5 Å². The van der Waals surface area contributed by atoms with E-state index in [-0.39, 0.29) is 5.91 Å². The number of piperidine rings is 3. The van der Waals surface area contributed by atoms with Crippen molar-refractivity contribution in [3.05, 3.63) is 17.5 Å². The van der Waals surface area contributed by atoms with E-state index in [1.807, 2.05) is 4.90 Å². The van der Waals surface area contributed by atoms with Crippen molar-refractivity contribution in [3.63, 3.8) is 0 Å². The minimum atomic E-state index is -0.0219. The number of hydrogen-bond acceptors (Lipinski definition) is 4. The smallest absolute Gasteiger partial charge is 0.276 e. The maximum absolute atomic E-state index is 12.8. The Kier molecular flexibility index (Phi) is 4.06. The molecule has 1 aromatic rings. The van der Waals surface area contributed by atoms with Crippen molar-refractivity contribution in [2.75, 3.05) is 19.6 Å². The molecule has 3 atom stereocenters. The Morgan fingerprint density at radius 1 is 1.38 bits per heavy atom. The number of carbonyl (C=O) groups excluding carboxylic acids is 2. The molecule has 2 bridgehead atoms. The lowest BCUT2D eigenvalue weighted by atomic mass is 9.76. The zero-order valence-electron chi connectivity index (χ0n) is 14.2. The summed E-state index contributed by atoms with van der Waals surface area (Å²) in [5.74, 6) is 1.87. The van der Waals surface area contributed by atoms with Crippen LogP contribution in [0.2, 0.25) is 0 Å². The van der Waals surface area contributed by atoms with E-state index in [2.05, 4.69) is 17.0 Å². The molecule has 0 aliphatic carbocycles. The zero-order chi connectivity index (χ0) is 16.7. The van der Waals surface area contributed by atoms with Crippen molar-refractivity contribution in [2.45, 2.75) is 51.5 Å². The topological polar surface area (TPSA) is 66.7 Å². The third-order valence-corrected chi connectivity index (χ3v) is 5.74. The lowest BCUT2D eigenvalue weighted by Gasteiger charge is -2.52. The summed E-state index contributed by atoms with van der Waals surface area (Å²) in [6.45, 7) is 4.35. The van der Waals surface area contributed by atoms with E-state index in [9.17, 15) is 9.59 Å². The largest absolute Gasteiger partial charge is 0.361 e. The standard InChI is InChI=1S/C18H25N3O3/c1-2-4-14-8-15(19-24-14)18(23)20-9-12-7-13(11-20)16-5-3-6-17(22)21(16)10-12/h8,12-13,16H,2-7,9-11H2,1H3/t12-,13-,16+/m1/s1. The van der Waals surface area contributed by atoms with Crippen LogP contribution >= 0.6 is 0 Å². The zero-order valence-corrected chi connectivity index (χ0v) is 14.2. The molecule has 3 aliphatic heterocycles. The van der Waals surface area contributed by atoms with E-state index in [1.165, 1.54) is 0 Å². The Morgan fingerprint density at radius 3 is 3.08 bits per heavy atom. The first kappa shape index (κ1) is 15.7. The number of hydrogen-bond donors (Lipinski definition) is 0. The Labute approximate surface area is 142 Å². The molecule has 24 heavy (non-hydrogen) atoms. The van der Waals surface area contributed by atoms with Crippen LogP contribution in [0.15, 0.2) is 10.6 Å². The van der Waals surface area contributed by atoms with E-state index < -0.39 is 0 Å². The van der Waals surface area contributed by atoms with Gasteiger partial charge in [0.2, 0.25) is 5.91 Å². The van der Waals surface area contributed by atoms with Crippen LogP contribution in [0.4, 0.5) is 0 Å². The molecule has 1 aromatic heterocycles. The van der Waals surface area contributed by atoms with Crippen LogP contribution in [0, 0.1) is 11.8 Å². The lowest BCUT2D eigenvalue weighted by molar-refractivity contribution is -0.144. The number of aryl methyl sites for hydroxylation is 1. The van der Waals surface area contributed by atoms with E-state index in [1.54, 1.807) is 6.07 Å². The molecule has 6 heteroatoms. The molecule has 0 spiro atoms. The van der Waals surface area contributed by atoms with Gasteiger partial charge >= 0.3 is 0 Å². The summed E-state index contributed by atoms with van der Waals surface area (Å²) in [4.78, 5) is 29.0. The van der Waals surface area contributed by atoms with Crippen molar-refractivity contribution >= 4 is 11.8 Å². The van der Waals surface area contributed by atoms with Crippen LogP contribution in [-0.2, 0) is 11.2 Å². The Bertz CT molecular complexity index is 641. The van der Waals surface area contributed by atoms with E-state index in [0.717, 1.165) is 57.5 Å². The number of amides is 2. The molecule has 4 rings (SSSR count). The van der Waals surface area contributed by atoms with Crippen molar-refractivity contribution < 1.29 is 14.1 Å². The summed E-state index contributed by atoms with van der Waals surface area (Å²) >= 11 is 0. The molecule has 4 heterocycles. The van der Waals surface area contributed by atoms with Gasteiger partial charge in [-0.1, -0.05) is 12.1 Å². The van der Waals surface area contributed by atoms with E-state index in [4.69, 9.17) is 4.52 Å². The number of likely N-dealkylation sites (tertiary alicyclic amines) is 1. The number of aromatic nitrogens is 1.